The molecular formula is C66H97N13O14. The number of carbonyl (C=O) groups is 10. The van der Waals surface area contributed by atoms with E-state index in [1.807, 2.05) is 36.1 Å². The number of unbranched alkanes of at least 4 members (excludes halogenated alkanes) is 5. The van der Waals surface area contributed by atoms with Crippen LogP contribution in [0.5, 0.6) is 5.75 Å². The van der Waals surface area contributed by atoms with Gasteiger partial charge >= 0.3 is 11.9 Å². The number of hydrogen-bond donors (Lipinski definition) is 13. The summed E-state index contributed by atoms with van der Waals surface area (Å²) in [5.41, 5.74) is 8.38. The molecule has 1 aliphatic rings. The summed E-state index contributed by atoms with van der Waals surface area (Å²) in [5.74, 6) is -7.19. The van der Waals surface area contributed by atoms with Crippen molar-refractivity contribution in [2.45, 2.75) is 146 Å². The molecule has 510 valence electrons. The molecule has 1 saturated heterocycles. The molecule has 0 bridgehead atoms. The second-order valence-electron chi connectivity index (χ2n) is 23.9. The lowest BCUT2D eigenvalue weighted by Crippen LogP contribution is -2.63. The smallest absolute Gasteiger partial charge is 0.317 e. The monoisotopic (exact) mass is 1300 g/mol. The van der Waals surface area contributed by atoms with Crippen molar-refractivity contribution < 1.29 is 68.4 Å². The molecule has 27 heteroatoms. The third-order valence-electron chi connectivity index (χ3n) is 16.4. The van der Waals surface area contributed by atoms with Crippen molar-refractivity contribution in [1.29, 1.82) is 0 Å². The van der Waals surface area contributed by atoms with Crippen molar-refractivity contribution in [3.8, 4) is 5.75 Å². The molecule has 4 aromatic rings. The topological polar surface area (TPSA) is 391 Å². The molecule has 0 saturated carbocycles. The Kier molecular flexibility index (Phi) is 32.2. The Morgan fingerprint density at radius 2 is 1.15 bits per heavy atom. The number of nitrogens with two attached hydrogens (primary N) is 1. The van der Waals surface area contributed by atoms with Gasteiger partial charge < -0.3 is 73.3 Å². The van der Waals surface area contributed by atoms with E-state index in [1.165, 1.54) is 31.0 Å². The number of benzene rings is 3. The number of carboxylic acids is 2. The number of rotatable bonds is 36. The van der Waals surface area contributed by atoms with Crippen LogP contribution in [0.1, 0.15) is 101 Å². The van der Waals surface area contributed by atoms with Crippen molar-refractivity contribution in [3.05, 3.63) is 102 Å². The predicted molar refractivity (Wildman–Crippen MR) is 349 cm³/mol. The summed E-state index contributed by atoms with van der Waals surface area (Å²) in [6.07, 6.45) is 4.30. The SMILES string of the molecule is CCN(CCN(CCN(C)CC(=O)O)CC(=O)O)CC(=O)NCCCCCCNC(=O)CCCC[C@H]1C(=O)N[C@@H](Cc2ccc(O)cc2)C(=O)N[C@H](Cc2c[nH]c3ccccc23)C(=O)N[C@@H](CCCCN)C(=O)N[C@@H]([C@@H](C)O)C(=O)N[C@@H](Cc2ccccc2)C(=O)N1C. The van der Waals surface area contributed by atoms with E-state index in [9.17, 15) is 53.7 Å². The predicted octanol–water partition coefficient (Wildman–Crippen LogP) is 0.754. The Morgan fingerprint density at radius 1 is 0.591 bits per heavy atom. The number of phenols is 1. The summed E-state index contributed by atoms with van der Waals surface area (Å²) in [5, 5.41) is 60.2. The number of aromatic hydroxyl groups is 1. The fourth-order valence-corrected chi connectivity index (χ4v) is 11.0. The highest BCUT2D eigenvalue weighted by Crippen LogP contribution is 2.21. The molecule has 7 atom stereocenters. The van der Waals surface area contributed by atoms with Crippen LogP contribution in [0.2, 0.25) is 0 Å². The van der Waals surface area contributed by atoms with Crippen molar-refractivity contribution in [2.24, 2.45) is 5.73 Å². The van der Waals surface area contributed by atoms with Gasteiger partial charge in [0.15, 0.2) is 0 Å². The van der Waals surface area contributed by atoms with Crippen LogP contribution in [-0.4, -0.2) is 233 Å². The molecule has 93 heavy (non-hydrogen) atoms. The zero-order valence-corrected chi connectivity index (χ0v) is 54.0. The van der Waals surface area contributed by atoms with Crippen molar-refractivity contribution in [2.75, 3.05) is 86.1 Å². The Bertz CT molecular complexity index is 3060. The van der Waals surface area contributed by atoms with E-state index >= 15 is 9.59 Å². The Morgan fingerprint density at radius 3 is 1.81 bits per heavy atom. The van der Waals surface area contributed by atoms with E-state index in [1.54, 1.807) is 65.5 Å². The highest BCUT2D eigenvalue weighted by atomic mass is 16.4. The van der Waals surface area contributed by atoms with E-state index in [0.717, 1.165) is 23.7 Å². The second-order valence-corrected chi connectivity index (χ2v) is 23.9. The van der Waals surface area contributed by atoms with Crippen LogP contribution in [0.4, 0.5) is 0 Å². The van der Waals surface area contributed by atoms with Crippen LogP contribution >= 0.6 is 0 Å². The molecule has 0 spiro atoms. The number of aromatic nitrogens is 1. The highest BCUT2D eigenvalue weighted by molar-refractivity contribution is 5.99. The van der Waals surface area contributed by atoms with Gasteiger partial charge in [-0.25, -0.2) is 0 Å². The molecule has 8 amide bonds. The van der Waals surface area contributed by atoms with Crippen LogP contribution in [0.3, 0.4) is 0 Å². The summed E-state index contributed by atoms with van der Waals surface area (Å²) in [7, 11) is 3.04. The standard InChI is InChI=1S/C66H97N13O14/c1-5-78(35-36-79(43-59(86)87)34-33-76(3)42-58(84)85)41-57(83)69-32-18-7-6-17-31-68-56(82)25-14-13-24-55-64(91)73-52(37-46-26-28-48(81)29-27-46)62(89)72-53(39-47-40-70-50-22-12-11-21-49(47)50)63(90)71-51(23-15-16-30-67)61(88)75-60(44(2)80)65(92)74-54(66(93)77(55)4)38-45-19-9-8-10-20-45/h8-12,19-22,26-29,40,44,51-55,60,70,80-81H,5-7,13-18,23-25,30-39,41-43,67H2,1-4H3,(H,68,82)(H,69,83)(H,71,90)(H,72,89)(H,73,91)(H,74,92)(H,75,88)(H,84,85)(H,86,87)/t44-,51+,52+,53-,54+,55+,60+/m1/s1. The van der Waals surface area contributed by atoms with E-state index in [4.69, 9.17) is 10.8 Å². The van der Waals surface area contributed by atoms with Gasteiger partial charge in [0, 0.05) is 89.1 Å². The van der Waals surface area contributed by atoms with Crippen LogP contribution in [0.15, 0.2) is 85.1 Å². The number of carboxylic acid groups (broad SMARTS) is 2. The average Bonchev–Trinajstić information content (AvgIpc) is 1.89. The largest absolute Gasteiger partial charge is 0.508 e. The Balaban J connectivity index is 1.28. The van der Waals surface area contributed by atoms with Gasteiger partial charge in [-0.2, -0.15) is 0 Å². The van der Waals surface area contributed by atoms with Gasteiger partial charge in [0.25, 0.3) is 0 Å². The number of hydrogen-bond acceptors (Lipinski definition) is 16. The summed E-state index contributed by atoms with van der Waals surface area (Å²) in [6, 6.07) is 13.7. The number of nitrogens with zero attached hydrogens (tertiary/aromatic N) is 4. The molecule has 1 aromatic heterocycles. The van der Waals surface area contributed by atoms with Gasteiger partial charge in [0.05, 0.1) is 25.7 Å². The van der Waals surface area contributed by atoms with Gasteiger partial charge in [-0.1, -0.05) is 86.8 Å². The third-order valence-corrected chi connectivity index (χ3v) is 16.4. The number of likely N-dealkylation sites (N-methyl/N-ethyl adjacent to an activating group) is 3. The minimum absolute atomic E-state index is 0.0155. The van der Waals surface area contributed by atoms with Crippen molar-refractivity contribution in [3.63, 3.8) is 0 Å². The summed E-state index contributed by atoms with van der Waals surface area (Å²) in [4.78, 5) is 147. The van der Waals surface area contributed by atoms with E-state index in [2.05, 4.69) is 42.2 Å². The highest BCUT2D eigenvalue weighted by Gasteiger charge is 2.39. The maximum absolute atomic E-state index is 15.1. The molecule has 27 nitrogen and oxygen atoms in total. The second kappa shape index (κ2) is 39.8. The summed E-state index contributed by atoms with van der Waals surface area (Å²) < 4.78 is 0. The number of aliphatic hydroxyl groups is 1. The van der Waals surface area contributed by atoms with E-state index < -0.39 is 89.7 Å². The number of phenolic OH excluding ortho intramolecular Hbond substituents is 1. The number of para-hydroxylation sites is 1. The van der Waals surface area contributed by atoms with Crippen molar-refractivity contribution >= 4 is 70.1 Å². The minimum Gasteiger partial charge on any atom is -0.508 e. The van der Waals surface area contributed by atoms with Crippen LogP contribution in [-0.2, 0) is 67.2 Å². The Labute approximate surface area is 543 Å². The quantitative estimate of drug-likeness (QED) is 0.0280. The number of H-pyrrole nitrogens is 1. The first-order chi connectivity index (χ1) is 44.5. The molecule has 5 rings (SSSR count). The number of aliphatic carboxylic acids is 2. The van der Waals surface area contributed by atoms with Crippen LogP contribution < -0.4 is 43.0 Å². The number of aromatic amines is 1. The normalized spacial score (nSPS) is 19.1. The lowest BCUT2D eigenvalue weighted by atomic mass is 9.99. The van der Waals surface area contributed by atoms with Gasteiger partial charge in [0.2, 0.25) is 47.3 Å². The number of carbonyl (C=O) groups excluding carboxylic acids is 8. The van der Waals surface area contributed by atoms with Crippen molar-refractivity contribution in [1.82, 2.24) is 61.8 Å². The first kappa shape index (κ1) is 75.2. The molecule has 1 fully saturated rings. The van der Waals surface area contributed by atoms with Gasteiger partial charge in [0.1, 0.15) is 42.0 Å². The number of fused-ring (bicyclic) bond motifs is 1. The lowest BCUT2D eigenvalue weighted by molar-refractivity contribution is -0.144. The molecular weight excluding hydrogens is 1200 g/mol. The molecule has 2 heterocycles. The fourth-order valence-electron chi connectivity index (χ4n) is 11.0. The van der Waals surface area contributed by atoms with E-state index in [-0.39, 0.29) is 95.1 Å². The zero-order chi connectivity index (χ0) is 67.8. The molecule has 0 unspecified atom stereocenters. The Hall–Kier alpha value is -8.50. The van der Waals surface area contributed by atoms with Gasteiger partial charge in [-0.3, -0.25) is 62.6 Å². The average molecular weight is 1300 g/mol. The minimum atomic E-state index is -1.64. The first-order valence-corrected chi connectivity index (χ1v) is 32.2. The maximum atomic E-state index is 15.1. The molecule has 14 N–H and O–H groups in total. The number of amides is 8. The number of nitrogens with one attached hydrogen (secondary N) is 8. The van der Waals surface area contributed by atoms with Crippen LogP contribution in [0.25, 0.3) is 10.9 Å². The molecule has 0 radical (unpaired) electrons. The zero-order valence-electron chi connectivity index (χ0n) is 54.0. The van der Waals surface area contributed by atoms with E-state index in [0.29, 0.717) is 88.2 Å². The maximum Gasteiger partial charge on any atom is 0.317 e. The van der Waals surface area contributed by atoms with Gasteiger partial charge in [-0.15, -0.1) is 0 Å². The summed E-state index contributed by atoms with van der Waals surface area (Å²) >= 11 is 0. The lowest BCUT2D eigenvalue weighted by Gasteiger charge is -2.33. The molecule has 3 aromatic carbocycles. The fraction of sp³-hybridized carbons (Fsp3) is 0.545. The molecule has 0 aliphatic carbocycles. The number of aliphatic hydroxyl groups excluding tert-OH is 1. The first-order valence-electron chi connectivity index (χ1n) is 32.2. The van der Waals surface area contributed by atoms with Gasteiger partial charge in [-0.05, 0) is 107 Å². The van der Waals surface area contributed by atoms with Crippen LogP contribution in [0, 0.1) is 0 Å². The summed E-state index contributed by atoms with van der Waals surface area (Å²) in [6.45, 7) is 6.19. The third kappa shape index (κ3) is 26.6. The molecule has 1 aliphatic heterocycles.